The van der Waals surface area contributed by atoms with Gasteiger partial charge in [-0.2, -0.15) is 0 Å². The van der Waals surface area contributed by atoms with E-state index in [0.29, 0.717) is 0 Å². The minimum Gasteiger partial charge on any atom is -0.229 e. The first-order valence-electron chi connectivity index (χ1n) is 4.80. The van der Waals surface area contributed by atoms with Crippen molar-refractivity contribution in [2.24, 2.45) is 0 Å². The van der Waals surface area contributed by atoms with Crippen LogP contribution in [0.2, 0.25) is 0 Å². The zero-order valence-electron chi connectivity index (χ0n) is 8.08. The molecule has 1 saturated heterocycles. The van der Waals surface area contributed by atoms with Crippen LogP contribution in [-0.4, -0.2) is 21.8 Å². The normalized spacial score (nSPS) is 27.9. The van der Waals surface area contributed by atoms with Gasteiger partial charge in [-0.15, -0.1) is 11.7 Å². The molecule has 0 aromatic heterocycles. The van der Waals surface area contributed by atoms with Crippen LogP contribution >= 0.6 is 32.5 Å². The third kappa shape index (κ3) is 2.30. The summed E-state index contributed by atoms with van der Waals surface area (Å²) in [6, 6.07) is 0. The standard InChI is InChI=1S/C9H20S3/c1-3-12(9(2)11-10)7-5-4-6-8-12/h9-10H,3-8H2,1-2H3. The lowest BCUT2D eigenvalue weighted by Crippen LogP contribution is -2.24. The second kappa shape index (κ2) is 5.06. The molecule has 0 saturated carbocycles. The van der Waals surface area contributed by atoms with Crippen LogP contribution in [-0.2, 0) is 0 Å². The average molecular weight is 224 g/mol. The van der Waals surface area contributed by atoms with Gasteiger partial charge in [-0.3, -0.25) is 0 Å². The lowest BCUT2D eigenvalue weighted by atomic mass is 10.3. The van der Waals surface area contributed by atoms with E-state index in [9.17, 15) is 0 Å². The highest BCUT2D eigenvalue weighted by molar-refractivity contribution is 8.72. The highest BCUT2D eigenvalue weighted by Crippen LogP contribution is 2.59. The van der Waals surface area contributed by atoms with Crippen molar-refractivity contribution in [3.8, 4) is 0 Å². The molecular formula is C9H20S3. The molecule has 1 atom stereocenters. The first-order valence-corrected chi connectivity index (χ1v) is 8.94. The first-order chi connectivity index (χ1) is 5.75. The molecular weight excluding hydrogens is 204 g/mol. The molecule has 0 aliphatic carbocycles. The Hall–Kier alpha value is 1.05. The predicted octanol–water partition coefficient (Wildman–Crippen LogP) is 3.92. The number of rotatable bonds is 3. The number of hydrogen-bond acceptors (Lipinski definition) is 2. The second-order valence-corrected chi connectivity index (χ2v) is 9.72. The molecule has 1 aliphatic heterocycles. The summed E-state index contributed by atoms with van der Waals surface area (Å²) >= 11 is 4.37. The molecule has 74 valence electrons. The third-order valence-corrected chi connectivity index (χ3v) is 11.0. The van der Waals surface area contributed by atoms with E-state index in [1.165, 1.54) is 36.5 Å². The van der Waals surface area contributed by atoms with Crippen LogP contribution in [0.5, 0.6) is 0 Å². The van der Waals surface area contributed by atoms with Crippen LogP contribution in [0.1, 0.15) is 33.1 Å². The van der Waals surface area contributed by atoms with Gasteiger partial charge in [-0.25, -0.2) is 10.0 Å². The third-order valence-electron chi connectivity index (χ3n) is 3.03. The van der Waals surface area contributed by atoms with E-state index in [1.54, 1.807) is 10.8 Å². The summed E-state index contributed by atoms with van der Waals surface area (Å²) in [5.41, 5.74) is 0. The Morgan fingerprint density at radius 1 is 1.33 bits per heavy atom. The molecule has 1 heterocycles. The summed E-state index contributed by atoms with van der Waals surface area (Å²) in [6.45, 7) is 4.75. The zero-order valence-corrected chi connectivity index (χ0v) is 10.6. The van der Waals surface area contributed by atoms with Gasteiger partial charge < -0.3 is 0 Å². The quantitative estimate of drug-likeness (QED) is 0.560. The highest BCUT2D eigenvalue weighted by atomic mass is 33.1. The monoisotopic (exact) mass is 224 g/mol. The van der Waals surface area contributed by atoms with E-state index < -0.39 is 0 Å². The smallest absolute Gasteiger partial charge is 0.0422 e. The minimum atomic E-state index is -0.278. The molecule has 0 nitrogen and oxygen atoms in total. The van der Waals surface area contributed by atoms with Gasteiger partial charge in [-0.05, 0) is 37.0 Å². The summed E-state index contributed by atoms with van der Waals surface area (Å²) in [6.07, 6.45) is 4.42. The van der Waals surface area contributed by atoms with Gasteiger partial charge in [0.25, 0.3) is 0 Å². The Morgan fingerprint density at radius 2 is 1.92 bits per heavy atom. The summed E-state index contributed by atoms with van der Waals surface area (Å²) in [5.74, 6) is 4.44. The SMILES string of the molecule is CCS1(C(C)SS)CCCCC1. The van der Waals surface area contributed by atoms with Gasteiger partial charge in [0.05, 0.1) is 0 Å². The maximum atomic E-state index is 4.37. The van der Waals surface area contributed by atoms with Crippen LogP contribution in [0.15, 0.2) is 0 Å². The number of thiol groups is 1. The van der Waals surface area contributed by atoms with Crippen molar-refractivity contribution in [1.82, 2.24) is 0 Å². The largest absolute Gasteiger partial charge is 0.229 e. The molecule has 0 radical (unpaired) electrons. The molecule has 1 aliphatic rings. The lowest BCUT2D eigenvalue weighted by Gasteiger charge is -2.46. The van der Waals surface area contributed by atoms with Gasteiger partial charge in [-0.1, -0.05) is 24.1 Å². The van der Waals surface area contributed by atoms with E-state index in [1.807, 2.05) is 0 Å². The molecule has 1 rings (SSSR count). The van der Waals surface area contributed by atoms with Crippen molar-refractivity contribution in [1.29, 1.82) is 0 Å². The van der Waals surface area contributed by atoms with Crippen LogP contribution in [0, 0.1) is 0 Å². The minimum absolute atomic E-state index is 0.278. The molecule has 0 amide bonds. The van der Waals surface area contributed by atoms with Crippen molar-refractivity contribution in [2.75, 3.05) is 17.3 Å². The molecule has 0 spiro atoms. The van der Waals surface area contributed by atoms with Crippen molar-refractivity contribution in [2.45, 2.75) is 37.7 Å². The maximum Gasteiger partial charge on any atom is 0.0422 e. The van der Waals surface area contributed by atoms with E-state index in [-0.39, 0.29) is 10.0 Å². The van der Waals surface area contributed by atoms with Crippen molar-refractivity contribution in [3.05, 3.63) is 0 Å². The molecule has 1 unspecified atom stereocenters. The van der Waals surface area contributed by atoms with Gasteiger partial charge in [0.15, 0.2) is 0 Å². The van der Waals surface area contributed by atoms with Gasteiger partial charge in [0.1, 0.15) is 0 Å². The van der Waals surface area contributed by atoms with Crippen molar-refractivity contribution >= 4 is 32.5 Å². The molecule has 0 bridgehead atoms. The van der Waals surface area contributed by atoms with E-state index in [2.05, 4.69) is 25.5 Å². The summed E-state index contributed by atoms with van der Waals surface area (Å²) < 4.78 is 0.811. The Balaban J connectivity index is 2.59. The van der Waals surface area contributed by atoms with E-state index >= 15 is 0 Å². The fourth-order valence-electron chi connectivity index (χ4n) is 2.00. The molecule has 0 aromatic carbocycles. The molecule has 3 heteroatoms. The predicted molar refractivity (Wildman–Crippen MR) is 67.8 cm³/mol. The highest BCUT2D eigenvalue weighted by Gasteiger charge is 2.30. The lowest BCUT2D eigenvalue weighted by molar-refractivity contribution is 0.750. The molecule has 12 heavy (non-hydrogen) atoms. The van der Waals surface area contributed by atoms with Gasteiger partial charge in [0, 0.05) is 4.58 Å². The molecule has 1 fully saturated rings. The van der Waals surface area contributed by atoms with Crippen LogP contribution < -0.4 is 0 Å². The first kappa shape index (κ1) is 11.1. The Labute approximate surface area is 87.4 Å². The van der Waals surface area contributed by atoms with Crippen LogP contribution in [0.4, 0.5) is 0 Å². The Kier molecular flexibility index (Phi) is 4.69. The van der Waals surface area contributed by atoms with Crippen LogP contribution in [0.3, 0.4) is 0 Å². The summed E-state index contributed by atoms with van der Waals surface area (Å²) in [5, 5.41) is 0. The maximum absolute atomic E-state index is 4.37. The topological polar surface area (TPSA) is 0 Å². The summed E-state index contributed by atoms with van der Waals surface area (Å²) in [7, 11) is 1.51. The zero-order chi connectivity index (χ0) is 9.03. The van der Waals surface area contributed by atoms with Crippen molar-refractivity contribution in [3.63, 3.8) is 0 Å². The second-order valence-electron chi connectivity index (χ2n) is 3.54. The van der Waals surface area contributed by atoms with Crippen LogP contribution in [0.25, 0.3) is 0 Å². The van der Waals surface area contributed by atoms with Gasteiger partial charge in [0.2, 0.25) is 0 Å². The van der Waals surface area contributed by atoms with E-state index in [4.69, 9.17) is 0 Å². The number of hydrogen-bond donors (Lipinski definition) is 1. The van der Waals surface area contributed by atoms with E-state index in [0.717, 1.165) is 4.58 Å². The van der Waals surface area contributed by atoms with Crippen molar-refractivity contribution < 1.29 is 0 Å². The Bertz CT molecular complexity index is 130. The fourth-order valence-corrected chi connectivity index (χ4v) is 8.84. The average Bonchev–Trinajstić information content (AvgIpc) is 2.17. The fraction of sp³-hybridized carbons (Fsp3) is 1.00. The van der Waals surface area contributed by atoms with Gasteiger partial charge >= 0.3 is 0 Å². The molecule has 0 N–H and O–H groups in total. The molecule has 0 aromatic rings. The summed E-state index contributed by atoms with van der Waals surface area (Å²) in [4.78, 5) is 0. The Morgan fingerprint density at radius 3 is 2.33 bits per heavy atom.